The Kier molecular flexibility index (Phi) is 8.94. The summed E-state index contributed by atoms with van der Waals surface area (Å²) in [6.45, 7) is 6.83. The molecule has 0 aliphatic heterocycles. The van der Waals surface area contributed by atoms with Gasteiger partial charge in [-0.25, -0.2) is 0 Å². The van der Waals surface area contributed by atoms with Gasteiger partial charge >= 0.3 is 0 Å². The van der Waals surface area contributed by atoms with E-state index in [-0.39, 0.29) is 5.75 Å². The molecule has 0 aliphatic carbocycles. The highest BCUT2D eigenvalue weighted by atomic mass is 31.2. The van der Waals surface area contributed by atoms with Gasteiger partial charge in [0.2, 0.25) is 8.38 Å². The maximum atomic E-state index is 11.0. The molecule has 1 N–H and O–H groups in total. The number of phenolic OH excluding ortho intramolecular Hbond substituents is 1. The fourth-order valence-electron chi connectivity index (χ4n) is 3.63. The van der Waals surface area contributed by atoms with E-state index >= 15 is 0 Å². The molecule has 0 radical (unpaired) electrons. The highest BCUT2D eigenvalue weighted by Crippen LogP contribution is 2.48. The highest BCUT2D eigenvalue weighted by Gasteiger charge is 2.20. The molecule has 31 heavy (non-hydrogen) atoms. The van der Waals surface area contributed by atoms with Gasteiger partial charge in [-0.2, -0.15) is 0 Å². The molecule has 1 atom stereocenters. The van der Waals surface area contributed by atoms with E-state index in [1.54, 1.807) is 0 Å². The zero-order valence-electron chi connectivity index (χ0n) is 18.8. The van der Waals surface area contributed by atoms with Crippen LogP contribution in [0.15, 0.2) is 66.7 Å². The number of hydrogen-bond acceptors (Lipinski definition) is 3. The van der Waals surface area contributed by atoms with Crippen molar-refractivity contribution in [2.45, 2.75) is 52.6 Å². The van der Waals surface area contributed by atoms with Crippen molar-refractivity contribution in [1.29, 1.82) is 0 Å². The molecule has 1 unspecified atom stereocenters. The lowest BCUT2D eigenvalue weighted by molar-refractivity contribution is 0.332. The molecule has 3 aromatic rings. The van der Waals surface area contributed by atoms with Gasteiger partial charge in [-0.05, 0) is 55.5 Å². The molecular formula is C27H33O3P. The van der Waals surface area contributed by atoms with Gasteiger partial charge in [0.05, 0.1) is 18.3 Å². The zero-order valence-corrected chi connectivity index (χ0v) is 19.7. The molecule has 4 heteroatoms. The van der Waals surface area contributed by atoms with Crippen LogP contribution in [0, 0.1) is 6.92 Å². The average molecular weight is 437 g/mol. The SMILES string of the molecule is CCCCCc1cc(O)c(-c2cccc(C)c2)c(OP(Cc2ccccc2)OCC)c1. The monoisotopic (exact) mass is 436 g/mol. The quantitative estimate of drug-likeness (QED) is 0.244. The number of phenols is 1. The van der Waals surface area contributed by atoms with Gasteiger partial charge < -0.3 is 14.2 Å². The molecule has 3 rings (SSSR count). The van der Waals surface area contributed by atoms with Gasteiger partial charge in [0, 0.05) is 0 Å². The summed E-state index contributed by atoms with van der Waals surface area (Å²) in [6, 6.07) is 22.4. The maximum absolute atomic E-state index is 11.0. The van der Waals surface area contributed by atoms with E-state index < -0.39 is 8.38 Å². The molecule has 0 spiro atoms. The Balaban J connectivity index is 1.96. The van der Waals surface area contributed by atoms with Crippen molar-refractivity contribution in [3.8, 4) is 22.6 Å². The van der Waals surface area contributed by atoms with Crippen LogP contribution in [0.4, 0.5) is 0 Å². The minimum atomic E-state index is -1.18. The Bertz CT molecular complexity index is 956. The smallest absolute Gasteiger partial charge is 0.234 e. The molecule has 3 nitrogen and oxygen atoms in total. The topological polar surface area (TPSA) is 38.7 Å². The molecule has 3 aromatic carbocycles. The summed E-state index contributed by atoms with van der Waals surface area (Å²) in [6.07, 6.45) is 5.08. The van der Waals surface area contributed by atoms with Crippen LogP contribution < -0.4 is 4.52 Å². The summed E-state index contributed by atoms with van der Waals surface area (Å²) >= 11 is 0. The van der Waals surface area contributed by atoms with Gasteiger partial charge in [-0.3, -0.25) is 0 Å². The van der Waals surface area contributed by atoms with E-state index in [0.717, 1.165) is 35.1 Å². The van der Waals surface area contributed by atoms with Crippen molar-refractivity contribution in [1.82, 2.24) is 0 Å². The molecule has 0 fully saturated rings. The van der Waals surface area contributed by atoms with E-state index in [4.69, 9.17) is 9.05 Å². The first-order chi connectivity index (χ1) is 15.1. The number of rotatable bonds is 11. The largest absolute Gasteiger partial charge is 0.507 e. The molecule has 0 amide bonds. The Morgan fingerprint density at radius 3 is 2.39 bits per heavy atom. The number of benzene rings is 3. The van der Waals surface area contributed by atoms with Crippen LogP contribution in [0.1, 0.15) is 49.8 Å². The summed E-state index contributed by atoms with van der Waals surface area (Å²) in [5.41, 5.74) is 5.12. The molecule has 0 aromatic heterocycles. The lowest BCUT2D eigenvalue weighted by Gasteiger charge is -2.21. The summed E-state index contributed by atoms with van der Waals surface area (Å²) in [7, 11) is -1.18. The second kappa shape index (κ2) is 11.9. The highest BCUT2D eigenvalue weighted by molar-refractivity contribution is 7.46. The zero-order chi connectivity index (χ0) is 22.1. The van der Waals surface area contributed by atoms with Gasteiger partial charge in [0.15, 0.2) is 0 Å². The third kappa shape index (κ3) is 6.82. The van der Waals surface area contributed by atoms with Gasteiger partial charge in [0.1, 0.15) is 11.5 Å². The molecule has 0 aliphatic rings. The number of aromatic hydroxyl groups is 1. The molecule has 164 valence electrons. The Morgan fingerprint density at radius 2 is 1.68 bits per heavy atom. The fraction of sp³-hybridized carbons (Fsp3) is 0.333. The maximum Gasteiger partial charge on any atom is 0.234 e. The first kappa shape index (κ1) is 23.3. The first-order valence-electron chi connectivity index (χ1n) is 11.2. The van der Waals surface area contributed by atoms with E-state index in [0.29, 0.717) is 18.5 Å². The standard InChI is InChI=1S/C27H33O3P/c1-4-6-8-15-23-18-25(28)27(24-16-11-12-21(3)17-24)26(19-23)30-31(29-5-2)20-22-13-9-7-10-14-22/h7,9-14,16-19,28H,4-6,8,15,20H2,1-3H3. The van der Waals surface area contributed by atoms with Crippen molar-refractivity contribution in [2.75, 3.05) is 6.61 Å². The van der Waals surface area contributed by atoms with Gasteiger partial charge in [0.25, 0.3) is 0 Å². The van der Waals surface area contributed by atoms with Crippen molar-refractivity contribution < 1.29 is 14.2 Å². The van der Waals surface area contributed by atoms with Crippen LogP contribution in [-0.4, -0.2) is 11.7 Å². The Labute approximate surface area is 188 Å². The summed E-state index contributed by atoms with van der Waals surface area (Å²) in [4.78, 5) is 0. The fourth-order valence-corrected chi connectivity index (χ4v) is 5.00. The van der Waals surface area contributed by atoms with Crippen LogP contribution in [0.5, 0.6) is 11.5 Å². The van der Waals surface area contributed by atoms with Crippen molar-refractivity contribution in [2.24, 2.45) is 0 Å². The predicted octanol–water partition coefficient (Wildman–Crippen LogP) is 8.03. The minimum Gasteiger partial charge on any atom is -0.507 e. The molecule has 0 saturated heterocycles. The number of unbranched alkanes of at least 4 members (excludes halogenated alkanes) is 2. The van der Waals surface area contributed by atoms with E-state index in [1.165, 1.54) is 18.4 Å². The normalized spacial score (nSPS) is 12.0. The molecule has 0 heterocycles. The first-order valence-corrected chi connectivity index (χ1v) is 12.5. The third-order valence-electron chi connectivity index (χ3n) is 5.14. The van der Waals surface area contributed by atoms with Gasteiger partial charge in [-0.15, -0.1) is 0 Å². The van der Waals surface area contributed by atoms with Crippen molar-refractivity contribution >= 4 is 8.38 Å². The molecule has 0 saturated carbocycles. The van der Waals surface area contributed by atoms with E-state index in [1.807, 2.05) is 43.3 Å². The van der Waals surface area contributed by atoms with Gasteiger partial charge in [-0.1, -0.05) is 79.9 Å². The number of aryl methyl sites for hydroxylation is 2. The minimum absolute atomic E-state index is 0.265. The summed E-state index contributed by atoms with van der Waals surface area (Å²) in [5.74, 6) is 0.966. The van der Waals surface area contributed by atoms with E-state index in [2.05, 4.69) is 44.2 Å². The predicted molar refractivity (Wildman–Crippen MR) is 131 cm³/mol. The second-order valence-corrected chi connectivity index (χ2v) is 9.22. The average Bonchev–Trinajstić information content (AvgIpc) is 2.75. The lowest BCUT2D eigenvalue weighted by atomic mass is 9.98. The molecular weight excluding hydrogens is 403 g/mol. The second-order valence-electron chi connectivity index (χ2n) is 7.80. The van der Waals surface area contributed by atoms with Crippen LogP contribution in [0.25, 0.3) is 11.1 Å². The third-order valence-corrected chi connectivity index (χ3v) is 6.71. The lowest BCUT2D eigenvalue weighted by Crippen LogP contribution is -1.99. The van der Waals surface area contributed by atoms with Crippen molar-refractivity contribution in [3.05, 3.63) is 83.4 Å². The summed E-state index contributed by atoms with van der Waals surface area (Å²) in [5, 5.41) is 11.0. The number of hydrogen-bond donors (Lipinski definition) is 1. The van der Waals surface area contributed by atoms with E-state index in [9.17, 15) is 5.11 Å². The van der Waals surface area contributed by atoms with Crippen molar-refractivity contribution in [3.63, 3.8) is 0 Å². The van der Waals surface area contributed by atoms with Crippen LogP contribution in [0.2, 0.25) is 0 Å². The van der Waals surface area contributed by atoms with Crippen LogP contribution in [-0.2, 0) is 17.1 Å². The van der Waals surface area contributed by atoms with Crippen LogP contribution in [0.3, 0.4) is 0 Å². The van der Waals surface area contributed by atoms with Crippen LogP contribution >= 0.6 is 8.38 Å². The Hall–Kier alpha value is -2.35. The molecule has 0 bridgehead atoms. The summed E-state index contributed by atoms with van der Waals surface area (Å²) < 4.78 is 12.5. The Morgan fingerprint density at radius 1 is 0.871 bits per heavy atom.